The van der Waals surface area contributed by atoms with Crippen molar-refractivity contribution in [2.24, 2.45) is 23.2 Å². The summed E-state index contributed by atoms with van der Waals surface area (Å²) in [6.45, 7) is 21.1. The van der Waals surface area contributed by atoms with Gasteiger partial charge in [-0.15, -0.1) is 0 Å². The first-order chi connectivity index (χ1) is 12.3. The molecule has 0 aromatic rings. The van der Waals surface area contributed by atoms with E-state index in [1.165, 1.54) is 84.1 Å². The molecule has 154 valence electrons. The van der Waals surface area contributed by atoms with Crippen molar-refractivity contribution in [3.05, 3.63) is 0 Å². The molecule has 0 spiro atoms. The SMILES string of the molecule is CCC1CCN(CCC(C)CC2CCN(CCC(C)(C)C)C(C)C2)CC1. The molecule has 26 heavy (non-hydrogen) atoms. The van der Waals surface area contributed by atoms with Gasteiger partial charge in [-0.25, -0.2) is 0 Å². The summed E-state index contributed by atoms with van der Waals surface area (Å²) in [7, 11) is 0. The first kappa shape index (κ1) is 22.2. The fraction of sp³-hybridized carbons (Fsp3) is 1.00. The van der Waals surface area contributed by atoms with Gasteiger partial charge in [-0.2, -0.15) is 0 Å². The smallest absolute Gasteiger partial charge is 0.00695 e. The molecule has 0 N–H and O–H groups in total. The highest BCUT2D eigenvalue weighted by atomic mass is 15.2. The van der Waals surface area contributed by atoms with Crippen LogP contribution in [0.2, 0.25) is 0 Å². The van der Waals surface area contributed by atoms with Crippen molar-refractivity contribution in [3.63, 3.8) is 0 Å². The van der Waals surface area contributed by atoms with Gasteiger partial charge in [0.2, 0.25) is 0 Å². The van der Waals surface area contributed by atoms with Gasteiger partial charge in [-0.1, -0.05) is 41.0 Å². The third-order valence-electron chi connectivity index (χ3n) is 7.23. The van der Waals surface area contributed by atoms with Crippen molar-refractivity contribution >= 4 is 0 Å². The second kappa shape index (κ2) is 10.5. The Morgan fingerprint density at radius 1 is 0.962 bits per heavy atom. The zero-order valence-electron chi connectivity index (χ0n) is 18.9. The molecule has 0 saturated carbocycles. The molecule has 2 rings (SSSR count). The third-order valence-corrected chi connectivity index (χ3v) is 7.23. The third kappa shape index (κ3) is 7.89. The number of rotatable bonds is 8. The summed E-state index contributed by atoms with van der Waals surface area (Å²) in [5.74, 6) is 2.88. The maximum Gasteiger partial charge on any atom is 0.00695 e. The van der Waals surface area contributed by atoms with E-state index in [4.69, 9.17) is 0 Å². The Morgan fingerprint density at radius 2 is 1.62 bits per heavy atom. The average molecular weight is 365 g/mol. The molecule has 2 aliphatic rings. The van der Waals surface area contributed by atoms with E-state index in [1.54, 1.807) is 0 Å². The standard InChI is InChI=1S/C24H48N2/c1-7-22-9-14-25(15-10-22)13-8-20(2)18-23-11-16-26(21(3)19-23)17-12-24(4,5)6/h20-23H,7-19H2,1-6H3. The minimum Gasteiger partial charge on any atom is -0.303 e. The minimum atomic E-state index is 0.469. The second-order valence-electron chi connectivity index (χ2n) is 10.9. The summed E-state index contributed by atoms with van der Waals surface area (Å²) in [5, 5.41) is 0. The van der Waals surface area contributed by atoms with E-state index in [0.29, 0.717) is 5.41 Å². The molecule has 2 heteroatoms. The lowest BCUT2D eigenvalue weighted by molar-refractivity contribution is 0.0972. The fourth-order valence-corrected chi connectivity index (χ4v) is 5.05. The van der Waals surface area contributed by atoms with Crippen molar-refractivity contribution in [3.8, 4) is 0 Å². The van der Waals surface area contributed by atoms with E-state index in [2.05, 4.69) is 51.3 Å². The highest BCUT2D eigenvalue weighted by Crippen LogP contribution is 2.31. The Morgan fingerprint density at radius 3 is 2.19 bits per heavy atom. The topological polar surface area (TPSA) is 6.48 Å². The van der Waals surface area contributed by atoms with Gasteiger partial charge in [0.1, 0.15) is 0 Å². The first-order valence-corrected chi connectivity index (χ1v) is 11.7. The van der Waals surface area contributed by atoms with Crippen LogP contribution in [-0.2, 0) is 0 Å². The highest BCUT2D eigenvalue weighted by molar-refractivity contribution is 4.81. The van der Waals surface area contributed by atoms with Crippen LogP contribution in [0.15, 0.2) is 0 Å². The Bertz CT molecular complexity index is 378. The van der Waals surface area contributed by atoms with Crippen LogP contribution in [0.3, 0.4) is 0 Å². The first-order valence-electron chi connectivity index (χ1n) is 11.7. The van der Waals surface area contributed by atoms with Gasteiger partial charge in [0.05, 0.1) is 0 Å². The van der Waals surface area contributed by atoms with Crippen molar-refractivity contribution < 1.29 is 0 Å². The largest absolute Gasteiger partial charge is 0.303 e. The Labute approximate surface area is 165 Å². The zero-order valence-corrected chi connectivity index (χ0v) is 18.9. The van der Waals surface area contributed by atoms with E-state index in [1.807, 2.05) is 0 Å². The van der Waals surface area contributed by atoms with Crippen LogP contribution in [0.4, 0.5) is 0 Å². The zero-order chi connectivity index (χ0) is 19.2. The molecule has 0 amide bonds. The Hall–Kier alpha value is -0.0800. The van der Waals surface area contributed by atoms with Crippen molar-refractivity contribution in [2.75, 3.05) is 32.7 Å². The summed E-state index contributed by atoms with van der Waals surface area (Å²) in [6.07, 6.45) is 11.3. The molecule has 0 radical (unpaired) electrons. The molecule has 2 nitrogen and oxygen atoms in total. The summed E-state index contributed by atoms with van der Waals surface area (Å²) in [6, 6.07) is 0.788. The van der Waals surface area contributed by atoms with Gasteiger partial charge in [-0.05, 0) is 108 Å². The fourth-order valence-electron chi connectivity index (χ4n) is 5.05. The summed E-state index contributed by atoms with van der Waals surface area (Å²) in [4.78, 5) is 5.49. The van der Waals surface area contributed by atoms with E-state index in [9.17, 15) is 0 Å². The van der Waals surface area contributed by atoms with Crippen LogP contribution in [0.25, 0.3) is 0 Å². The van der Waals surface area contributed by atoms with Gasteiger partial charge in [0.15, 0.2) is 0 Å². The molecular formula is C24H48N2. The van der Waals surface area contributed by atoms with Crippen LogP contribution in [-0.4, -0.2) is 48.6 Å². The van der Waals surface area contributed by atoms with Crippen LogP contribution in [0, 0.1) is 23.2 Å². The lowest BCUT2D eigenvalue weighted by Crippen LogP contribution is -2.42. The van der Waals surface area contributed by atoms with Gasteiger partial charge in [-0.3, -0.25) is 0 Å². The monoisotopic (exact) mass is 364 g/mol. The van der Waals surface area contributed by atoms with Crippen LogP contribution >= 0.6 is 0 Å². The molecule has 2 fully saturated rings. The molecule has 2 aliphatic heterocycles. The number of hydrogen-bond donors (Lipinski definition) is 0. The maximum absolute atomic E-state index is 2.75. The summed E-state index contributed by atoms with van der Waals surface area (Å²) < 4.78 is 0. The molecular weight excluding hydrogens is 316 g/mol. The Kier molecular flexibility index (Phi) is 8.94. The van der Waals surface area contributed by atoms with Crippen molar-refractivity contribution in [1.29, 1.82) is 0 Å². The molecule has 2 heterocycles. The molecule has 3 atom stereocenters. The predicted molar refractivity (Wildman–Crippen MR) is 116 cm³/mol. The molecule has 0 aromatic carbocycles. The van der Waals surface area contributed by atoms with Gasteiger partial charge in [0, 0.05) is 6.04 Å². The van der Waals surface area contributed by atoms with Gasteiger partial charge < -0.3 is 9.80 Å². The molecule has 2 saturated heterocycles. The highest BCUT2D eigenvalue weighted by Gasteiger charge is 2.27. The van der Waals surface area contributed by atoms with E-state index in [-0.39, 0.29) is 0 Å². The van der Waals surface area contributed by atoms with Crippen molar-refractivity contribution in [2.45, 2.75) is 99.0 Å². The number of nitrogens with zero attached hydrogens (tertiary/aromatic N) is 2. The molecule has 0 aliphatic carbocycles. The molecule has 3 unspecified atom stereocenters. The summed E-state index contributed by atoms with van der Waals surface area (Å²) >= 11 is 0. The maximum atomic E-state index is 2.75. The van der Waals surface area contributed by atoms with Crippen LogP contribution < -0.4 is 0 Å². The lowest BCUT2D eigenvalue weighted by atomic mass is 9.83. The Balaban J connectivity index is 1.62. The number of hydrogen-bond acceptors (Lipinski definition) is 2. The van der Waals surface area contributed by atoms with E-state index in [0.717, 1.165) is 23.8 Å². The van der Waals surface area contributed by atoms with E-state index < -0.39 is 0 Å². The van der Waals surface area contributed by atoms with Gasteiger partial charge >= 0.3 is 0 Å². The normalized spacial score (nSPS) is 28.4. The lowest BCUT2D eigenvalue weighted by Gasteiger charge is -2.40. The average Bonchev–Trinajstić information content (AvgIpc) is 2.59. The van der Waals surface area contributed by atoms with Gasteiger partial charge in [0.25, 0.3) is 0 Å². The minimum absolute atomic E-state index is 0.469. The quantitative estimate of drug-likeness (QED) is 0.516. The summed E-state index contributed by atoms with van der Waals surface area (Å²) in [5.41, 5.74) is 0.469. The second-order valence-corrected chi connectivity index (χ2v) is 10.9. The number of piperidine rings is 2. The van der Waals surface area contributed by atoms with Crippen molar-refractivity contribution in [1.82, 2.24) is 9.80 Å². The molecule has 0 aromatic heterocycles. The predicted octanol–water partition coefficient (Wildman–Crippen LogP) is 6.06. The van der Waals surface area contributed by atoms with Crippen LogP contribution in [0.1, 0.15) is 92.9 Å². The molecule has 0 bridgehead atoms. The van der Waals surface area contributed by atoms with E-state index >= 15 is 0 Å². The van der Waals surface area contributed by atoms with Crippen LogP contribution in [0.5, 0.6) is 0 Å². The number of likely N-dealkylation sites (tertiary alicyclic amines) is 2.